The molecule has 4 nitrogen and oxygen atoms in total. The van der Waals surface area contributed by atoms with Gasteiger partial charge in [0.2, 0.25) is 0 Å². The van der Waals surface area contributed by atoms with Gasteiger partial charge < -0.3 is 4.42 Å². The number of benzene rings is 8. The molecule has 10 rings (SSSR count). The van der Waals surface area contributed by atoms with E-state index in [-0.39, 0.29) is 0 Å². The van der Waals surface area contributed by atoms with Gasteiger partial charge in [-0.3, -0.25) is 0 Å². The summed E-state index contributed by atoms with van der Waals surface area (Å²) in [5.41, 5.74) is 9.01. The molecular weight excluding hydrogens is 623 g/mol. The molecule has 0 aliphatic heterocycles. The molecule has 238 valence electrons. The summed E-state index contributed by atoms with van der Waals surface area (Å²) < 4.78 is 6.47. The first kappa shape index (κ1) is 29.0. The molecule has 0 N–H and O–H groups in total. The molecular formula is C47H29N3O. The predicted octanol–water partition coefficient (Wildman–Crippen LogP) is 12.4. The number of rotatable bonds is 5. The lowest BCUT2D eigenvalue weighted by Crippen LogP contribution is -2.00. The zero-order valence-electron chi connectivity index (χ0n) is 27.5. The molecule has 0 atom stereocenters. The zero-order valence-corrected chi connectivity index (χ0v) is 27.5. The van der Waals surface area contributed by atoms with E-state index in [9.17, 15) is 0 Å². The van der Waals surface area contributed by atoms with Crippen LogP contribution in [0.5, 0.6) is 0 Å². The Bertz CT molecular complexity index is 2900. The Hall–Kier alpha value is -6.91. The monoisotopic (exact) mass is 651 g/mol. The normalized spacial score (nSPS) is 11.5. The van der Waals surface area contributed by atoms with Crippen molar-refractivity contribution in [1.29, 1.82) is 0 Å². The van der Waals surface area contributed by atoms with Gasteiger partial charge >= 0.3 is 0 Å². The predicted molar refractivity (Wildman–Crippen MR) is 209 cm³/mol. The van der Waals surface area contributed by atoms with Crippen LogP contribution in [0.3, 0.4) is 0 Å². The lowest BCUT2D eigenvalue weighted by molar-refractivity contribution is 0.669. The van der Waals surface area contributed by atoms with Crippen LogP contribution in [-0.4, -0.2) is 15.0 Å². The van der Waals surface area contributed by atoms with Crippen molar-refractivity contribution in [3.05, 3.63) is 176 Å². The molecule has 0 fully saturated rings. The molecule has 0 saturated heterocycles. The molecule has 8 aromatic carbocycles. The quantitative estimate of drug-likeness (QED) is 0.174. The highest BCUT2D eigenvalue weighted by Gasteiger charge is 2.19. The van der Waals surface area contributed by atoms with Gasteiger partial charge in [0.25, 0.3) is 0 Å². The van der Waals surface area contributed by atoms with Crippen LogP contribution in [0.2, 0.25) is 0 Å². The third-order valence-corrected chi connectivity index (χ3v) is 9.72. The van der Waals surface area contributed by atoms with E-state index in [0.29, 0.717) is 17.5 Å². The molecule has 4 heteroatoms. The summed E-state index contributed by atoms with van der Waals surface area (Å²) in [5.74, 6) is 1.84. The fraction of sp³-hybridized carbons (Fsp3) is 0. The van der Waals surface area contributed by atoms with Crippen LogP contribution in [0.15, 0.2) is 180 Å². The van der Waals surface area contributed by atoms with E-state index in [1.165, 1.54) is 21.9 Å². The van der Waals surface area contributed by atoms with E-state index >= 15 is 0 Å². The minimum absolute atomic E-state index is 0.599. The SMILES string of the molecule is c1ccc(-c2ccc3c(c2)oc2cccc(-c4nc(-c5ccccc5)nc(-c5ccc6ccc7cccc(-c8ccccc8)c7c6c5)n4)c23)cc1. The Kier molecular flexibility index (Phi) is 6.78. The fourth-order valence-corrected chi connectivity index (χ4v) is 7.27. The van der Waals surface area contributed by atoms with Gasteiger partial charge in [0, 0.05) is 27.5 Å². The fourth-order valence-electron chi connectivity index (χ4n) is 7.27. The number of hydrogen-bond donors (Lipinski definition) is 0. The maximum absolute atomic E-state index is 6.47. The van der Waals surface area contributed by atoms with Gasteiger partial charge in [-0.1, -0.05) is 152 Å². The molecule has 0 unspecified atom stereocenters. The smallest absolute Gasteiger partial charge is 0.164 e. The molecule has 0 aliphatic carbocycles. The molecule has 2 aromatic heterocycles. The summed E-state index contributed by atoms with van der Waals surface area (Å²) in [4.78, 5) is 15.4. The maximum Gasteiger partial charge on any atom is 0.164 e. The number of furan rings is 1. The van der Waals surface area contributed by atoms with Crippen LogP contribution >= 0.6 is 0 Å². The summed E-state index contributed by atoms with van der Waals surface area (Å²) in [6.45, 7) is 0. The first-order valence-electron chi connectivity index (χ1n) is 17.1. The molecule has 0 bridgehead atoms. The van der Waals surface area contributed by atoms with Gasteiger partial charge in [0.15, 0.2) is 17.5 Å². The third-order valence-electron chi connectivity index (χ3n) is 9.72. The van der Waals surface area contributed by atoms with Gasteiger partial charge in [-0.2, -0.15) is 0 Å². The molecule has 0 amide bonds. The van der Waals surface area contributed by atoms with Crippen molar-refractivity contribution in [3.8, 4) is 56.4 Å². The van der Waals surface area contributed by atoms with Gasteiger partial charge in [0.05, 0.1) is 0 Å². The molecule has 2 heterocycles. The molecule has 0 aliphatic rings. The number of fused-ring (bicyclic) bond motifs is 6. The van der Waals surface area contributed by atoms with Crippen LogP contribution in [0, 0.1) is 0 Å². The highest BCUT2D eigenvalue weighted by molar-refractivity contribution is 6.15. The standard InChI is InChI=1S/C47H29N3O/c1-4-12-30(13-5-1)35-26-27-38-42(29-35)51-41-21-11-20-39(44(38)41)47-49-45(34-16-8-3-9-17-34)48-46(50-47)36-25-23-32-22-24-33-18-10-19-37(43(33)40(32)28-36)31-14-6-2-7-15-31/h1-29H. The lowest BCUT2D eigenvalue weighted by atomic mass is 9.93. The summed E-state index contributed by atoms with van der Waals surface area (Å²) in [5, 5.41) is 6.73. The molecule has 10 aromatic rings. The first-order valence-corrected chi connectivity index (χ1v) is 17.1. The van der Waals surface area contributed by atoms with Crippen molar-refractivity contribution in [2.45, 2.75) is 0 Å². The number of hydrogen-bond acceptors (Lipinski definition) is 4. The van der Waals surface area contributed by atoms with Crippen LogP contribution in [0.25, 0.3) is 99.9 Å². The molecule has 51 heavy (non-hydrogen) atoms. The van der Waals surface area contributed by atoms with E-state index in [0.717, 1.165) is 60.5 Å². The summed E-state index contributed by atoms with van der Waals surface area (Å²) in [7, 11) is 0. The number of aromatic nitrogens is 3. The number of nitrogens with zero attached hydrogens (tertiary/aromatic N) is 3. The minimum atomic E-state index is 0.599. The van der Waals surface area contributed by atoms with Crippen molar-refractivity contribution < 1.29 is 4.42 Å². The molecule has 0 radical (unpaired) electrons. The second-order valence-electron chi connectivity index (χ2n) is 12.8. The van der Waals surface area contributed by atoms with Crippen LogP contribution in [0.4, 0.5) is 0 Å². The summed E-state index contributed by atoms with van der Waals surface area (Å²) >= 11 is 0. The van der Waals surface area contributed by atoms with Crippen molar-refractivity contribution in [2.24, 2.45) is 0 Å². The van der Waals surface area contributed by atoms with E-state index < -0.39 is 0 Å². The second-order valence-corrected chi connectivity index (χ2v) is 12.8. The lowest BCUT2D eigenvalue weighted by Gasteiger charge is -2.13. The Labute approximate surface area is 294 Å². The average molecular weight is 652 g/mol. The largest absolute Gasteiger partial charge is 0.456 e. The van der Waals surface area contributed by atoms with Crippen molar-refractivity contribution in [1.82, 2.24) is 15.0 Å². The van der Waals surface area contributed by atoms with E-state index in [2.05, 4.69) is 127 Å². The van der Waals surface area contributed by atoms with E-state index in [1.54, 1.807) is 0 Å². The Morgan fingerprint density at radius 2 is 0.922 bits per heavy atom. The maximum atomic E-state index is 6.47. The van der Waals surface area contributed by atoms with Crippen molar-refractivity contribution in [2.75, 3.05) is 0 Å². The van der Waals surface area contributed by atoms with Gasteiger partial charge in [-0.25, -0.2) is 15.0 Å². The summed E-state index contributed by atoms with van der Waals surface area (Å²) in [6, 6.07) is 61.0. The Morgan fingerprint density at radius 3 is 1.71 bits per heavy atom. The summed E-state index contributed by atoms with van der Waals surface area (Å²) in [6.07, 6.45) is 0. The highest BCUT2D eigenvalue weighted by Crippen LogP contribution is 2.39. The van der Waals surface area contributed by atoms with Crippen LogP contribution in [0.1, 0.15) is 0 Å². The zero-order chi connectivity index (χ0) is 33.7. The first-order chi connectivity index (χ1) is 25.3. The van der Waals surface area contributed by atoms with Crippen molar-refractivity contribution in [3.63, 3.8) is 0 Å². The molecule has 0 saturated carbocycles. The topological polar surface area (TPSA) is 51.8 Å². The van der Waals surface area contributed by atoms with Crippen LogP contribution in [-0.2, 0) is 0 Å². The van der Waals surface area contributed by atoms with Gasteiger partial charge in [-0.15, -0.1) is 0 Å². The molecule has 0 spiro atoms. The van der Waals surface area contributed by atoms with Gasteiger partial charge in [-0.05, 0) is 68.1 Å². The second kappa shape index (κ2) is 11.9. The van der Waals surface area contributed by atoms with Crippen LogP contribution < -0.4 is 0 Å². The Morgan fingerprint density at radius 1 is 0.314 bits per heavy atom. The minimum Gasteiger partial charge on any atom is -0.456 e. The third kappa shape index (κ3) is 5.04. The van der Waals surface area contributed by atoms with Crippen molar-refractivity contribution >= 4 is 43.5 Å². The van der Waals surface area contributed by atoms with Gasteiger partial charge in [0.1, 0.15) is 11.2 Å². The van der Waals surface area contributed by atoms with E-state index in [4.69, 9.17) is 19.4 Å². The van der Waals surface area contributed by atoms with E-state index in [1.807, 2.05) is 48.5 Å². The Balaban J connectivity index is 1.19. The highest BCUT2D eigenvalue weighted by atomic mass is 16.3. The average Bonchev–Trinajstić information content (AvgIpc) is 3.59.